The molecule has 0 aromatic carbocycles. The summed E-state index contributed by atoms with van der Waals surface area (Å²) in [7, 11) is 0. The topological polar surface area (TPSA) is 9.23 Å². The Balaban J connectivity index is 0.000000160. The van der Waals surface area contributed by atoms with Gasteiger partial charge in [-0.15, -0.1) is 0 Å². The number of ether oxygens (including phenoxy) is 1. The Labute approximate surface area is 46.0 Å². The van der Waals surface area contributed by atoms with E-state index >= 15 is 0 Å². The summed E-state index contributed by atoms with van der Waals surface area (Å²) in [5, 5.41) is 0. The van der Waals surface area contributed by atoms with E-state index in [0.29, 0.717) is 0 Å². The maximum atomic E-state index is 4.72. The molecule has 0 atom stereocenters. The van der Waals surface area contributed by atoms with Crippen molar-refractivity contribution in [1.82, 2.24) is 0 Å². The van der Waals surface area contributed by atoms with Crippen molar-refractivity contribution in [2.24, 2.45) is 0 Å². The molecule has 0 amide bonds. The summed E-state index contributed by atoms with van der Waals surface area (Å²) in [6.07, 6.45) is 1.28. The van der Waals surface area contributed by atoms with Crippen molar-refractivity contribution in [3.63, 3.8) is 0 Å². The van der Waals surface area contributed by atoms with Crippen LogP contribution in [0.3, 0.4) is 0 Å². The van der Waals surface area contributed by atoms with Crippen LogP contribution in [-0.4, -0.2) is 13.2 Å². The zero-order valence-electron chi connectivity index (χ0n) is 2.85. The molecule has 1 fully saturated rings. The molecule has 0 aliphatic carbocycles. The van der Waals surface area contributed by atoms with E-state index in [1.54, 1.807) is 0 Å². The van der Waals surface area contributed by atoms with Crippen LogP contribution < -0.4 is 0 Å². The smallest absolute Gasteiger partial charge is 0.0488 e. The quantitative estimate of drug-likeness (QED) is 0.607. The van der Waals surface area contributed by atoms with Gasteiger partial charge in [-0.3, -0.25) is 0 Å². The maximum Gasteiger partial charge on any atom is 0.0488 e. The SMILES string of the molecule is C1COC1.[Pt]. The predicted octanol–water partition coefficient (Wildman–Crippen LogP) is 0.404. The average Bonchev–Trinajstić information content (AvgIpc) is 0.722. The predicted molar refractivity (Wildman–Crippen MR) is 15.4 cm³/mol. The summed E-state index contributed by atoms with van der Waals surface area (Å²) in [6.45, 7) is 2.00. The third-order valence-electron chi connectivity index (χ3n) is 0.577. The first-order chi connectivity index (χ1) is 2.00. The van der Waals surface area contributed by atoms with Gasteiger partial charge in [0.1, 0.15) is 0 Å². The molecule has 0 unspecified atom stereocenters. The van der Waals surface area contributed by atoms with Gasteiger partial charge in [0.05, 0.1) is 0 Å². The van der Waals surface area contributed by atoms with Gasteiger partial charge in [-0.05, 0) is 6.42 Å². The summed E-state index contributed by atoms with van der Waals surface area (Å²) < 4.78 is 4.72. The molecule has 0 bridgehead atoms. The van der Waals surface area contributed by atoms with Crippen LogP contribution in [0, 0.1) is 0 Å². The largest absolute Gasteiger partial charge is 0.381 e. The van der Waals surface area contributed by atoms with E-state index in [9.17, 15) is 0 Å². The Morgan fingerprint density at radius 2 is 1.40 bits per heavy atom. The standard InChI is InChI=1S/C3H6O.Pt/c1-2-4-3-1;/h1-3H2;. The fourth-order valence-electron chi connectivity index (χ4n) is 0.144. The van der Waals surface area contributed by atoms with Crippen molar-refractivity contribution in [3.05, 3.63) is 0 Å². The molecule has 2 heteroatoms. The molecule has 1 nitrogen and oxygen atoms in total. The van der Waals surface area contributed by atoms with E-state index in [1.165, 1.54) is 6.42 Å². The van der Waals surface area contributed by atoms with Gasteiger partial charge in [0.2, 0.25) is 0 Å². The third kappa shape index (κ3) is 1.51. The van der Waals surface area contributed by atoms with Crippen molar-refractivity contribution < 1.29 is 25.8 Å². The summed E-state index contributed by atoms with van der Waals surface area (Å²) in [5.41, 5.74) is 0. The van der Waals surface area contributed by atoms with Crippen LogP contribution in [0.15, 0.2) is 0 Å². The van der Waals surface area contributed by atoms with Gasteiger partial charge in [0, 0.05) is 34.3 Å². The Morgan fingerprint density at radius 3 is 1.40 bits per heavy atom. The minimum atomic E-state index is 0. The zero-order valence-corrected chi connectivity index (χ0v) is 5.12. The zero-order chi connectivity index (χ0) is 2.83. The van der Waals surface area contributed by atoms with Crippen LogP contribution in [-0.2, 0) is 25.8 Å². The monoisotopic (exact) mass is 253 g/mol. The van der Waals surface area contributed by atoms with Gasteiger partial charge in [0.15, 0.2) is 0 Å². The molecule has 1 rings (SSSR count). The van der Waals surface area contributed by atoms with E-state index in [2.05, 4.69) is 0 Å². The van der Waals surface area contributed by atoms with Crippen molar-refractivity contribution >= 4 is 0 Å². The summed E-state index contributed by atoms with van der Waals surface area (Å²) in [5.74, 6) is 0. The molecule has 1 aliphatic rings. The minimum absolute atomic E-state index is 0. The molecule has 0 N–H and O–H groups in total. The van der Waals surface area contributed by atoms with Crippen LogP contribution in [0.5, 0.6) is 0 Å². The van der Waals surface area contributed by atoms with Crippen LogP contribution >= 0.6 is 0 Å². The third-order valence-corrected chi connectivity index (χ3v) is 0.577. The van der Waals surface area contributed by atoms with Crippen molar-refractivity contribution in [2.75, 3.05) is 13.2 Å². The van der Waals surface area contributed by atoms with E-state index < -0.39 is 0 Å². The Hall–Kier alpha value is 0.648. The molecular formula is C3H6OPt. The van der Waals surface area contributed by atoms with Crippen molar-refractivity contribution in [2.45, 2.75) is 6.42 Å². The molecule has 34 valence electrons. The van der Waals surface area contributed by atoms with E-state index in [4.69, 9.17) is 4.74 Å². The average molecular weight is 253 g/mol. The molecule has 1 saturated heterocycles. The van der Waals surface area contributed by atoms with Gasteiger partial charge in [-0.2, -0.15) is 0 Å². The molecule has 0 radical (unpaired) electrons. The Morgan fingerprint density at radius 1 is 1.20 bits per heavy atom. The molecule has 0 aromatic rings. The van der Waals surface area contributed by atoms with Crippen LogP contribution in [0.4, 0.5) is 0 Å². The fraction of sp³-hybridized carbons (Fsp3) is 1.00. The van der Waals surface area contributed by atoms with E-state index in [-0.39, 0.29) is 21.1 Å². The summed E-state index contributed by atoms with van der Waals surface area (Å²) in [4.78, 5) is 0. The molecule has 1 heterocycles. The van der Waals surface area contributed by atoms with Gasteiger partial charge in [0.25, 0.3) is 0 Å². The first kappa shape index (κ1) is 5.65. The molecule has 0 aromatic heterocycles. The minimum Gasteiger partial charge on any atom is -0.381 e. The van der Waals surface area contributed by atoms with Gasteiger partial charge >= 0.3 is 0 Å². The molecular weight excluding hydrogens is 247 g/mol. The summed E-state index contributed by atoms with van der Waals surface area (Å²) in [6, 6.07) is 0. The maximum absolute atomic E-state index is 4.72. The number of rotatable bonds is 0. The number of hydrogen-bond donors (Lipinski definition) is 0. The van der Waals surface area contributed by atoms with Crippen LogP contribution in [0.2, 0.25) is 0 Å². The second-order valence-corrected chi connectivity index (χ2v) is 0.966. The van der Waals surface area contributed by atoms with Gasteiger partial charge in [-0.1, -0.05) is 0 Å². The van der Waals surface area contributed by atoms with Gasteiger partial charge < -0.3 is 4.74 Å². The van der Waals surface area contributed by atoms with E-state index in [0.717, 1.165) is 13.2 Å². The molecule has 1 aliphatic heterocycles. The number of hydrogen-bond acceptors (Lipinski definition) is 1. The second kappa shape index (κ2) is 2.86. The molecule has 5 heavy (non-hydrogen) atoms. The summed E-state index contributed by atoms with van der Waals surface area (Å²) >= 11 is 0. The van der Waals surface area contributed by atoms with Crippen molar-refractivity contribution in [1.29, 1.82) is 0 Å². The first-order valence-electron chi connectivity index (χ1n) is 1.58. The fourth-order valence-corrected chi connectivity index (χ4v) is 0.144. The van der Waals surface area contributed by atoms with Gasteiger partial charge in [-0.25, -0.2) is 0 Å². The molecule has 0 saturated carbocycles. The van der Waals surface area contributed by atoms with Crippen LogP contribution in [0.1, 0.15) is 6.42 Å². The van der Waals surface area contributed by atoms with Crippen molar-refractivity contribution in [3.8, 4) is 0 Å². The first-order valence-corrected chi connectivity index (χ1v) is 1.58. The Bertz CT molecular complexity index is 14.9. The Kier molecular flexibility index (Phi) is 3.23. The van der Waals surface area contributed by atoms with E-state index in [1.807, 2.05) is 0 Å². The van der Waals surface area contributed by atoms with Crippen LogP contribution in [0.25, 0.3) is 0 Å². The second-order valence-electron chi connectivity index (χ2n) is 0.966. The normalized spacial score (nSPS) is 19.2. The molecule has 0 spiro atoms.